The quantitative estimate of drug-likeness (QED) is 0.619. The van der Waals surface area contributed by atoms with Crippen molar-refractivity contribution in [2.45, 2.75) is 24.8 Å². The van der Waals surface area contributed by atoms with Crippen LogP contribution in [0.2, 0.25) is 0 Å². The maximum absolute atomic E-state index is 12.0. The van der Waals surface area contributed by atoms with Crippen LogP contribution in [0.5, 0.6) is 0 Å². The summed E-state index contributed by atoms with van der Waals surface area (Å²) in [6.07, 6.45) is 2.54. The molecular formula is C13H17N3O4S. The minimum absolute atomic E-state index is 0.0687. The van der Waals surface area contributed by atoms with Crippen LogP contribution in [0.25, 0.3) is 0 Å². The molecule has 0 radical (unpaired) electrons. The predicted octanol–water partition coefficient (Wildman–Crippen LogP) is -0.772. The molecule has 0 spiro atoms. The van der Waals surface area contributed by atoms with Crippen LogP contribution in [0.3, 0.4) is 0 Å². The normalized spacial score (nSPS) is 10.9. The van der Waals surface area contributed by atoms with Gasteiger partial charge >= 0.3 is 0 Å². The van der Waals surface area contributed by atoms with Gasteiger partial charge < -0.3 is 10.4 Å². The molecule has 0 saturated heterocycles. The van der Waals surface area contributed by atoms with Gasteiger partial charge in [0.05, 0.1) is 6.54 Å². The Hall–Kier alpha value is -1.95. The fraction of sp³-hybridized carbons (Fsp3) is 0.385. The lowest BCUT2D eigenvalue weighted by Crippen LogP contribution is -2.39. The molecule has 1 amide bonds. The van der Waals surface area contributed by atoms with E-state index in [1.165, 1.54) is 12.3 Å². The topological polar surface area (TPSA) is 108 Å². The number of carbonyl (C=O) groups excluding carboxylic acids is 1. The van der Waals surface area contributed by atoms with Gasteiger partial charge in [-0.15, -0.1) is 0 Å². The van der Waals surface area contributed by atoms with Crippen LogP contribution in [0, 0.1) is 11.8 Å². The van der Waals surface area contributed by atoms with Gasteiger partial charge in [0, 0.05) is 24.0 Å². The highest BCUT2D eigenvalue weighted by molar-refractivity contribution is 7.89. The number of aromatic nitrogens is 1. The molecule has 1 aromatic rings. The van der Waals surface area contributed by atoms with Crippen LogP contribution in [0.15, 0.2) is 23.4 Å². The summed E-state index contributed by atoms with van der Waals surface area (Å²) >= 11 is 0. The van der Waals surface area contributed by atoms with Crippen molar-refractivity contribution in [2.24, 2.45) is 0 Å². The van der Waals surface area contributed by atoms with E-state index in [1.54, 1.807) is 13.8 Å². The minimum atomic E-state index is -3.84. The summed E-state index contributed by atoms with van der Waals surface area (Å²) in [5, 5.41) is 11.2. The smallest absolute Gasteiger partial charge is 0.242 e. The second kappa shape index (κ2) is 7.73. The first-order chi connectivity index (χ1) is 9.85. The first-order valence-electron chi connectivity index (χ1n) is 6.19. The molecule has 0 aliphatic rings. The molecule has 3 N–H and O–H groups in total. The van der Waals surface area contributed by atoms with Crippen LogP contribution in [0.1, 0.15) is 19.4 Å². The van der Waals surface area contributed by atoms with Crippen LogP contribution < -0.4 is 10.0 Å². The van der Waals surface area contributed by atoms with Gasteiger partial charge in [0.25, 0.3) is 0 Å². The van der Waals surface area contributed by atoms with E-state index in [0.717, 1.165) is 6.20 Å². The highest BCUT2D eigenvalue weighted by Crippen LogP contribution is 2.08. The molecule has 0 fully saturated rings. The summed E-state index contributed by atoms with van der Waals surface area (Å²) in [4.78, 5) is 15.1. The third-order valence-corrected chi connectivity index (χ3v) is 3.58. The molecule has 0 unspecified atom stereocenters. The van der Waals surface area contributed by atoms with Crippen molar-refractivity contribution in [3.8, 4) is 11.8 Å². The van der Waals surface area contributed by atoms with Gasteiger partial charge in [0.15, 0.2) is 0 Å². The van der Waals surface area contributed by atoms with Gasteiger partial charge in [-0.1, -0.05) is 11.8 Å². The molecule has 0 aliphatic carbocycles. The van der Waals surface area contributed by atoms with Crippen LogP contribution in [-0.4, -0.2) is 43.6 Å². The second-order valence-electron chi connectivity index (χ2n) is 4.42. The Kier molecular flexibility index (Phi) is 6.30. The van der Waals surface area contributed by atoms with Gasteiger partial charge in [-0.25, -0.2) is 13.1 Å². The lowest BCUT2D eigenvalue weighted by Gasteiger charge is -2.09. The average Bonchev–Trinajstić information content (AvgIpc) is 2.43. The van der Waals surface area contributed by atoms with Crippen LogP contribution in [0.4, 0.5) is 0 Å². The SMILES string of the molecule is CC(C)NC(=O)CNS(=O)(=O)c1cncc(C#CCO)c1. The maximum atomic E-state index is 12.0. The molecule has 0 aromatic carbocycles. The lowest BCUT2D eigenvalue weighted by atomic mass is 10.3. The van der Waals surface area contributed by atoms with Crippen molar-refractivity contribution in [1.82, 2.24) is 15.0 Å². The number of sulfonamides is 1. The molecule has 0 aliphatic heterocycles. The maximum Gasteiger partial charge on any atom is 0.242 e. The zero-order valence-corrected chi connectivity index (χ0v) is 12.6. The predicted molar refractivity (Wildman–Crippen MR) is 76.7 cm³/mol. The third-order valence-electron chi connectivity index (χ3n) is 2.21. The number of hydrogen-bond donors (Lipinski definition) is 3. The number of carbonyl (C=O) groups is 1. The van der Waals surface area contributed by atoms with Crippen molar-refractivity contribution in [3.63, 3.8) is 0 Å². The van der Waals surface area contributed by atoms with Gasteiger partial charge in [-0.3, -0.25) is 9.78 Å². The van der Waals surface area contributed by atoms with Crippen molar-refractivity contribution >= 4 is 15.9 Å². The minimum Gasteiger partial charge on any atom is -0.384 e. The van der Waals surface area contributed by atoms with Crippen LogP contribution in [-0.2, 0) is 14.8 Å². The fourth-order valence-corrected chi connectivity index (χ4v) is 2.36. The Morgan fingerprint density at radius 1 is 1.43 bits per heavy atom. The Bertz CT molecular complexity index is 659. The Morgan fingerprint density at radius 2 is 2.14 bits per heavy atom. The van der Waals surface area contributed by atoms with Crippen molar-refractivity contribution in [3.05, 3.63) is 24.0 Å². The van der Waals surface area contributed by atoms with E-state index in [-0.39, 0.29) is 24.1 Å². The monoisotopic (exact) mass is 311 g/mol. The van der Waals surface area contributed by atoms with E-state index >= 15 is 0 Å². The first kappa shape index (κ1) is 17.1. The van der Waals surface area contributed by atoms with E-state index < -0.39 is 15.9 Å². The lowest BCUT2D eigenvalue weighted by molar-refractivity contribution is -0.120. The fourth-order valence-electron chi connectivity index (χ4n) is 1.39. The Morgan fingerprint density at radius 3 is 2.76 bits per heavy atom. The third kappa shape index (κ3) is 5.91. The molecule has 0 bridgehead atoms. The molecule has 114 valence electrons. The number of rotatable bonds is 5. The summed E-state index contributed by atoms with van der Waals surface area (Å²) in [5.74, 6) is 4.55. The largest absolute Gasteiger partial charge is 0.384 e. The Labute approximate surface area is 123 Å². The molecule has 0 saturated carbocycles. The molecule has 1 rings (SSSR count). The Balaban J connectivity index is 2.81. The zero-order chi connectivity index (χ0) is 15.9. The summed E-state index contributed by atoms with van der Waals surface area (Å²) in [6, 6.07) is 1.25. The number of nitrogens with zero attached hydrogens (tertiary/aromatic N) is 1. The summed E-state index contributed by atoms with van der Waals surface area (Å²) in [6.45, 7) is 2.87. The van der Waals surface area contributed by atoms with Crippen molar-refractivity contribution in [2.75, 3.05) is 13.2 Å². The number of hydrogen-bond acceptors (Lipinski definition) is 5. The molecule has 8 heteroatoms. The summed E-state index contributed by atoms with van der Waals surface area (Å²) in [5.41, 5.74) is 0.360. The van der Waals surface area contributed by atoms with E-state index in [0.29, 0.717) is 5.56 Å². The van der Waals surface area contributed by atoms with E-state index in [1.807, 2.05) is 0 Å². The molecule has 1 heterocycles. The standard InChI is InChI=1S/C13H17N3O4S/c1-10(2)16-13(18)9-15-21(19,20)12-6-11(4-3-5-17)7-14-8-12/h6-8,10,15,17H,5,9H2,1-2H3,(H,16,18). The molecule has 7 nitrogen and oxygen atoms in total. The summed E-state index contributed by atoms with van der Waals surface area (Å²) < 4.78 is 26.2. The average molecular weight is 311 g/mol. The zero-order valence-electron chi connectivity index (χ0n) is 11.8. The van der Waals surface area contributed by atoms with Gasteiger partial charge in [0.1, 0.15) is 11.5 Å². The van der Waals surface area contributed by atoms with E-state index in [2.05, 4.69) is 26.9 Å². The van der Waals surface area contributed by atoms with Gasteiger partial charge in [0.2, 0.25) is 15.9 Å². The molecule has 21 heavy (non-hydrogen) atoms. The highest BCUT2D eigenvalue weighted by Gasteiger charge is 2.16. The number of pyridine rings is 1. The summed E-state index contributed by atoms with van der Waals surface area (Å²) in [7, 11) is -3.84. The molecule has 1 aromatic heterocycles. The van der Waals surface area contributed by atoms with Crippen molar-refractivity contribution < 1.29 is 18.3 Å². The molecule has 0 atom stereocenters. The van der Waals surface area contributed by atoms with E-state index in [9.17, 15) is 13.2 Å². The van der Waals surface area contributed by atoms with Crippen LogP contribution >= 0.6 is 0 Å². The number of amides is 1. The number of aliphatic hydroxyl groups is 1. The van der Waals surface area contributed by atoms with Gasteiger partial charge in [-0.2, -0.15) is 0 Å². The van der Waals surface area contributed by atoms with Gasteiger partial charge in [-0.05, 0) is 19.9 Å². The number of nitrogens with one attached hydrogen (secondary N) is 2. The van der Waals surface area contributed by atoms with E-state index in [4.69, 9.17) is 5.11 Å². The second-order valence-corrected chi connectivity index (χ2v) is 6.18. The molecular weight excluding hydrogens is 294 g/mol. The highest BCUT2D eigenvalue weighted by atomic mass is 32.2. The first-order valence-corrected chi connectivity index (χ1v) is 7.67. The van der Waals surface area contributed by atoms with Crippen molar-refractivity contribution in [1.29, 1.82) is 0 Å². The number of aliphatic hydroxyl groups excluding tert-OH is 1.